The largest absolute Gasteiger partial charge is 0.490 e. The highest BCUT2D eigenvalue weighted by Gasteiger charge is 2.37. The summed E-state index contributed by atoms with van der Waals surface area (Å²) in [6.07, 6.45) is 2.29. The maximum Gasteiger partial charge on any atom is 0.357 e. The van der Waals surface area contributed by atoms with Crippen LogP contribution < -0.4 is 15.4 Å². The number of hydrogen-bond donors (Lipinski definition) is 1. The number of esters is 1. The number of nitriles is 1. The van der Waals surface area contributed by atoms with Crippen LogP contribution in [-0.4, -0.2) is 36.7 Å². The first-order chi connectivity index (χ1) is 13.7. The fourth-order valence-electron chi connectivity index (χ4n) is 3.35. The van der Waals surface area contributed by atoms with E-state index in [1.807, 2.05) is 26.8 Å². The summed E-state index contributed by atoms with van der Waals surface area (Å²) in [5.41, 5.74) is 6.85. The predicted octanol–water partition coefficient (Wildman–Crippen LogP) is 2.88. The second-order valence-electron chi connectivity index (χ2n) is 7.56. The zero-order valence-electron chi connectivity index (χ0n) is 17.0. The minimum absolute atomic E-state index is 0.00178. The highest BCUT2D eigenvalue weighted by Crippen LogP contribution is 2.38. The van der Waals surface area contributed by atoms with Gasteiger partial charge in [-0.25, -0.2) is 4.79 Å². The lowest BCUT2D eigenvalue weighted by atomic mass is 9.93. The molecule has 0 unspecified atom stereocenters. The van der Waals surface area contributed by atoms with E-state index in [0.717, 1.165) is 6.42 Å². The van der Waals surface area contributed by atoms with E-state index in [1.54, 1.807) is 23.1 Å². The summed E-state index contributed by atoms with van der Waals surface area (Å²) in [4.78, 5) is 27.0. The zero-order valence-corrected chi connectivity index (χ0v) is 17.0. The highest BCUT2D eigenvalue weighted by molar-refractivity contribution is 5.99. The van der Waals surface area contributed by atoms with Crippen molar-refractivity contribution in [2.45, 2.75) is 27.2 Å². The van der Waals surface area contributed by atoms with Gasteiger partial charge in [0.15, 0.2) is 5.69 Å². The van der Waals surface area contributed by atoms with Gasteiger partial charge in [-0.1, -0.05) is 6.92 Å². The van der Waals surface area contributed by atoms with Crippen molar-refractivity contribution < 1.29 is 19.1 Å². The summed E-state index contributed by atoms with van der Waals surface area (Å²) in [6, 6.07) is 7.25. The molecular weight excluding hydrogens is 372 g/mol. The third-order valence-corrected chi connectivity index (χ3v) is 4.92. The molecule has 0 spiro atoms. The Balaban J connectivity index is 2.16. The molecule has 0 fully saturated rings. The number of fused-ring (bicyclic) bond motifs is 1. The SMILES string of the molecule is CCCN1C(=O)C(C)(C)COc2cc(-n3cc(C#N)c(N)c3C(=O)OC)ccc21. The third kappa shape index (κ3) is 3.40. The molecule has 0 radical (unpaired) electrons. The van der Waals surface area contributed by atoms with Crippen molar-refractivity contribution in [2.75, 3.05) is 30.9 Å². The number of methoxy groups -OCH3 is 1. The molecule has 1 aromatic carbocycles. The summed E-state index contributed by atoms with van der Waals surface area (Å²) in [5.74, 6) is -0.127. The normalized spacial score (nSPS) is 15.1. The number of anilines is 2. The van der Waals surface area contributed by atoms with Gasteiger partial charge >= 0.3 is 5.97 Å². The topological polar surface area (TPSA) is 111 Å². The molecule has 0 atom stereocenters. The van der Waals surface area contributed by atoms with E-state index in [9.17, 15) is 14.9 Å². The molecule has 1 aliphatic rings. The van der Waals surface area contributed by atoms with Crippen LogP contribution in [0.15, 0.2) is 24.4 Å². The molecule has 1 aliphatic heterocycles. The minimum atomic E-state index is -0.669. The second kappa shape index (κ2) is 7.51. The smallest absolute Gasteiger partial charge is 0.357 e. The predicted molar refractivity (Wildman–Crippen MR) is 108 cm³/mol. The quantitative estimate of drug-likeness (QED) is 0.796. The van der Waals surface area contributed by atoms with Crippen molar-refractivity contribution in [3.8, 4) is 17.5 Å². The third-order valence-electron chi connectivity index (χ3n) is 4.92. The summed E-state index contributed by atoms with van der Waals surface area (Å²) < 4.78 is 12.3. The van der Waals surface area contributed by atoms with Crippen molar-refractivity contribution in [1.29, 1.82) is 5.26 Å². The van der Waals surface area contributed by atoms with Crippen LogP contribution in [0.3, 0.4) is 0 Å². The number of rotatable bonds is 4. The molecule has 152 valence electrons. The van der Waals surface area contributed by atoms with E-state index in [-0.39, 0.29) is 29.5 Å². The number of benzene rings is 1. The number of hydrogen-bond acceptors (Lipinski definition) is 6. The van der Waals surface area contributed by atoms with E-state index >= 15 is 0 Å². The van der Waals surface area contributed by atoms with E-state index in [1.165, 1.54) is 17.9 Å². The molecule has 8 nitrogen and oxygen atoms in total. The van der Waals surface area contributed by atoms with Crippen molar-refractivity contribution in [3.05, 3.63) is 35.7 Å². The van der Waals surface area contributed by atoms with Gasteiger partial charge in [0.2, 0.25) is 5.91 Å². The Bertz CT molecular complexity index is 1020. The minimum Gasteiger partial charge on any atom is -0.490 e. The molecule has 0 saturated heterocycles. The molecule has 2 heterocycles. The van der Waals surface area contributed by atoms with Crippen LogP contribution in [0, 0.1) is 16.7 Å². The number of carbonyl (C=O) groups excluding carboxylic acids is 2. The molecule has 0 saturated carbocycles. The molecule has 2 N–H and O–H groups in total. The monoisotopic (exact) mass is 396 g/mol. The molecule has 1 aromatic heterocycles. The van der Waals surface area contributed by atoms with Crippen LogP contribution >= 0.6 is 0 Å². The van der Waals surface area contributed by atoms with Gasteiger partial charge in [-0.15, -0.1) is 0 Å². The Kier molecular flexibility index (Phi) is 5.25. The summed E-state index contributed by atoms with van der Waals surface area (Å²) in [7, 11) is 1.25. The Morgan fingerprint density at radius 2 is 2.14 bits per heavy atom. The number of ether oxygens (including phenoxy) is 2. The van der Waals surface area contributed by atoms with Gasteiger partial charge < -0.3 is 24.7 Å². The van der Waals surface area contributed by atoms with Crippen molar-refractivity contribution in [2.24, 2.45) is 5.41 Å². The van der Waals surface area contributed by atoms with E-state index in [2.05, 4.69) is 0 Å². The van der Waals surface area contributed by atoms with Gasteiger partial charge in [0.25, 0.3) is 0 Å². The highest BCUT2D eigenvalue weighted by atomic mass is 16.5. The van der Waals surface area contributed by atoms with Gasteiger partial charge in [-0.3, -0.25) is 4.79 Å². The van der Waals surface area contributed by atoms with Crippen molar-refractivity contribution in [1.82, 2.24) is 4.57 Å². The summed E-state index contributed by atoms with van der Waals surface area (Å²) in [5, 5.41) is 9.30. The van der Waals surface area contributed by atoms with E-state index in [0.29, 0.717) is 23.7 Å². The molecule has 8 heteroatoms. The van der Waals surface area contributed by atoms with Crippen LogP contribution in [0.5, 0.6) is 5.75 Å². The van der Waals surface area contributed by atoms with Crippen LogP contribution in [0.4, 0.5) is 11.4 Å². The number of carbonyl (C=O) groups is 2. The average molecular weight is 396 g/mol. The number of aromatic nitrogens is 1. The van der Waals surface area contributed by atoms with E-state index < -0.39 is 11.4 Å². The number of nitrogens with zero attached hydrogens (tertiary/aromatic N) is 3. The lowest BCUT2D eigenvalue weighted by molar-refractivity contribution is -0.127. The van der Waals surface area contributed by atoms with Crippen molar-refractivity contribution in [3.63, 3.8) is 0 Å². The van der Waals surface area contributed by atoms with Crippen LogP contribution in [0.1, 0.15) is 43.2 Å². The molecule has 0 bridgehead atoms. The van der Waals surface area contributed by atoms with Gasteiger partial charge in [0, 0.05) is 24.5 Å². The number of amides is 1. The first-order valence-electron chi connectivity index (χ1n) is 9.33. The Labute approximate surface area is 169 Å². The molecule has 3 rings (SSSR count). The van der Waals surface area contributed by atoms with Crippen LogP contribution in [0.25, 0.3) is 5.69 Å². The fourth-order valence-corrected chi connectivity index (χ4v) is 3.35. The van der Waals surface area contributed by atoms with Crippen molar-refractivity contribution >= 4 is 23.3 Å². The number of nitrogens with two attached hydrogens (primary N) is 1. The fraction of sp³-hybridized carbons (Fsp3) is 0.381. The Morgan fingerprint density at radius 3 is 2.76 bits per heavy atom. The molecule has 1 amide bonds. The Hall–Kier alpha value is -3.47. The Morgan fingerprint density at radius 1 is 1.41 bits per heavy atom. The maximum atomic E-state index is 13.0. The lowest BCUT2D eigenvalue weighted by Gasteiger charge is -2.27. The molecule has 0 aliphatic carbocycles. The molecule has 29 heavy (non-hydrogen) atoms. The van der Waals surface area contributed by atoms with Gasteiger partial charge in [-0.2, -0.15) is 5.26 Å². The van der Waals surface area contributed by atoms with Gasteiger partial charge in [0.1, 0.15) is 18.4 Å². The second-order valence-corrected chi connectivity index (χ2v) is 7.56. The summed E-state index contributed by atoms with van der Waals surface area (Å²) in [6.45, 7) is 6.51. The molecule has 2 aromatic rings. The average Bonchev–Trinajstić information content (AvgIpc) is 3.01. The van der Waals surface area contributed by atoms with Gasteiger partial charge in [0.05, 0.1) is 29.5 Å². The summed E-state index contributed by atoms with van der Waals surface area (Å²) >= 11 is 0. The number of nitrogen functional groups attached to an aromatic ring is 1. The van der Waals surface area contributed by atoms with Gasteiger partial charge in [-0.05, 0) is 32.4 Å². The molecular formula is C21H24N4O4. The standard InChI is InChI=1S/C21H24N4O4/c1-5-8-24-15-7-6-14(9-16(15)29-12-21(2,3)20(24)27)25-11-13(10-22)17(23)18(25)19(26)28-4/h6-7,9,11H,5,8,12,23H2,1-4H3. The first kappa shape index (κ1) is 20.3. The lowest BCUT2D eigenvalue weighted by Crippen LogP contribution is -2.42. The van der Waals surface area contributed by atoms with Crippen LogP contribution in [0.2, 0.25) is 0 Å². The van der Waals surface area contributed by atoms with E-state index in [4.69, 9.17) is 15.2 Å². The zero-order chi connectivity index (χ0) is 21.3. The van der Waals surface area contributed by atoms with Crippen LogP contribution in [-0.2, 0) is 9.53 Å². The first-order valence-corrected chi connectivity index (χ1v) is 9.33. The maximum absolute atomic E-state index is 13.0.